The molecule has 0 unspecified atom stereocenters. The topological polar surface area (TPSA) is 33.5 Å². The molecule has 10 aromatic rings. The molecule has 376 valence electrons. The largest absolute Gasteiger partial charge is 0.457 e. The molecule has 0 saturated heterocycles. The minimum atomic E-state index is -0.232. The van der Waals surface area contributed by atoms with Gasteiger partial charge in [-0.2, -0.15) is 0 Å². The predicted octanol–water partition coefficient (Wildman–Crippen LogP) is 19.1. The summed E-state index contributed by atoms with van der Waals surface area (Å²) in [7, 11) is 0. The van der Waals surface area contributed by atoms with Crippen molar-refractivity contribution in [3.8, 4) is 28.4 Å². The number of ether oxygens (including phenoxy) is 1. The van der Waals surface area contributed by atoms with Crippen LogP contribution in [0, 0.1) is 0 Å². The monoisotopic (exact) mass is 983 g/mol. The van der Waals surface area contributed by atoms with Crippen LogP contribution < -0.4 is 14.5 Å². The second-order valence-corrected chi connectivity index (χ2v) is 23.4. The lowest BCUT2D eigenvalue weighted by atomic mass is 9.78. The highest BCUT2D eigenvalue weighted by Gasteiger charge is 2.32. The predicted molar refractivity (Wildman–Crippen MR) is 317 cm³/mol. The summed E-state index contributed by atoms with van der Waals surface area (Å²) in [6.07, 6.45) is 1.96. The molecule has 5 heteroatoms. The Morgan fingerprint density at radius 1 is 0.440 bits per heavy atom. The fourth-order valence-corrected chi connectivity index (χ4v) is 11.4. The molecule has 1 aliphatic heterocycles. The van der Waals surface area contributed by atoms with E-state index in [1.165, 1.54) is 61.1 Å². The SMILES string of the molecule is CC(C)c1cccc(C(C)C)c1-c1ccc2c(c1)N(c1cccc(Oc3ccc4c5cc(C(C)(C)C)ccc5n(-c5cc(C(C)(C)c6ccccc6)ccn5)c4c3)c1)CN2c1cccc(C(C)(C)c2ccccc2)c1. The molecule has 0 N–H and O–H groups in total. The van der Waals surface area contributed by atoms with Crippen LogP contribution in [0.3, 0.4) is 0 Å². The molecule has 0 saturated carbocycles. The van der Waals surface area contributed by atoms with E-state index in [9.17, 15) is 0 Å². The Morgan fingerprint density at radius 3 is 1.68 bits per heavy atom. The Balaban J connectivity index is 1.01. The summed E-state index contributed by atoms with van der Waals surface area (Å²) < 4.78 is 9.30. The smallest absolute Gasteiger partial charge is 0.137 e. The van der Waals surface area contributed by atoms with Crippen molar-refractivity contribution >= 4 is 44.6 Å². The number of rotatable bonds is 12. The Kier molecular flexibility index (Phi) is 12.6. The molecular weight excluding hydrogens is 913 g/mol. The average Bonchev–Trinajstić information content (AvgIpc) is 3.98. The van der Waals surface area contributed by atoms with E-state index >= 15 is 0 Å². The van der Waals surface area contributed by atoms with Gasteiger partial charge in [0.15, 0.2) is 0 Å². The van der Waals surface area contributed by atoms with Crippen molar-refractivity contribution in [3.05, 3.63) is 239 Å². The molecule has 0 aliphatic carbocycles. The molecule has 0 amide bonds. The highest BCUT2D eigenvalue weighted by Crippen LogP contribution is 2.49. The quantitative estimate of drug-likeness (QED) is 0.122. The Labute approximate surface area is 445 Å². The summed E-state index contributed by atoms with van der Waals surface area (Å²) in [5, 5.41) is 2.36. The third-order valence-corrected chi connectivity index (χ3v) is 16.0. The van der Waals surface area contributed by atoms with Crippen LogP contribution in [0.2, 0.25) is 0 Å². The van der Waals surface area contributed by atoms with Crippen LogP contribution in [-0.4, -0.2) is 16.2 Å². The first-order valence-corrected chi connectivity index (χ1v) is 26.8. The van der Waals surface area contributed by atoms with Gasteiger partial charge in [0.05, 0.1) is 22.4 Å². The molecule has 2 aromatic heterocycles. The van der Waals surface area contributed by atoms with Crippen LogP contribution in [-0.2, 0) is 16.2 Å². The van der Waals surface area contributed by atoms with Crippen LogP contribution in [0.25, 0.3) is 38.8 Å². The minimum absolute atomic E-state index is 0.0120. The van der Waals surface area contributed by atoms with Crippen LogP contribution in [0.4, 0.5) is 22.7 Å². The van der Waals surface area contributed by atoms with Crippen LogP contribution in [0.5, 0.6) is 11.5 Å². The number of aromatic nitrogens is 2. The molecule has 0 bridgehead atoms. The lowest BCUT2D eigenvalue weighted by Gasteiger charge is -2.28. The zero-order valence-electron chi connectivity index (χ0n) is 45.6. The Hall–Kier alpha value is -7.89. The first-order chi connectivity index (χ1) is 36.0. The number of hydrogen-bond acceptors (Lipinski definition) is 4. The zero-order chi connectivity index (χ0) is 52.4. The summed E-state index contributed by atoms with van der Waals surface area (Å²) >= 11 is 0. The van der Waals surface area contributed by atoms with Crippen LogP contribution in [0.1, 0.15) is 127 Å². The fourth-order valence-electron chi connectivity index (χ4n) is 11.4. The van der Waals surface area contributed by atoms with E-state index in [0.29, 0.717) is 18.5 Å². The van der Waals surface area contributed by atoms with E-state index < -0.39 is 0 Å². The molecule has 5 nitrogen and oxygen atoms in total. The van der Waals surface area contributed by atoms with Crippen molar-refractivity contribution in [1.29, 1.82) is 0 Å². The third kappa shape index (κ3) is 9.07. The molecule has 0 atom stereocenters. The first-order valence-electron chi connectivity index (χ1n) is 26.8. The van der Waals surface area contributed by atoms with Gasteiger partial charge >= 0.3 is 0 Å². The maximum absolute atomic E-state index is 6.99. The van der Waals surface area contributed by atoms with Gasteiger partial charge < -0.3 is 14.5 Å². The molecule has 1 aliphatic rings. The molecule has 3 heterocycles. The second kappa shape index (κ2) is 19.1. The van der Waals surface area contributed by atoms with Gasteiger partial charge in [-0.15, -0.1) is 0 Å². The second-order valence-electron chi connectivity index (χ2n) is 23.4. The summed E-state index contributed by atoms with van der Waals surface area (Å²) in [6.45, 7) is 25.9. The fraction of sp³-hybridized carbons (Fsp3) is 0.243. The Morgan fingerprint density at radius 2 is 1.03 bits per heavy atom. The van der Waals surface area contributed by atoms with Gasteiger partial charge in [-0.25, -0.2) is 4.98 Å². The van der Waals surface area contributed by atoms with Gasteiger partial charge in [0.1, 0.15) is 24.0 Å². The Bertz CT molecular complexity index is 3700. The number of anilines is 4. The minimum Gasteiger partial charge on any atom is -0.457 e. The van der Waals surface area contributed by atoms with Gasteiger partial charge in [-0.05, 0) is 140 Å². The van der Waals surface area contributed by atoms with E-state index in [-0.39, 0.29) is 16.2 Å². The first kappa shape index (κ1) is 49.3. The molecule has 0 spiro atoms. The van der Waals surface area contributed by atoms with Crippen molar-refractivity contribution in [3.63, 3.8) is 0 Å². The lowest BCUT2D eigenvalue weighted by molar-refractivity contribution is 0.483. The number of nitrogens with zero attached hydrogens (tertiary/aromatic N) is 4. The summed E-state index contributed by atoms with van der Waals surface area (Å²) in [6, 6.07) is 71.1. The molecule has 8 aromatic carbocycles. The van der Waals surface area contributed by atoms with E-state index in [1.807, 2.05) is 6.20 Å². The maximum atomic E-state index is 6.99. The van der Waals surface area contributed by atoms with Gasteiger partial charge in [0.2, 0.25) is 0 Å². The molecule has 0 fully saturated rings. The normalized spacial score (nSPS) is 13.1. The standard InChI is InChI=1S/C70H70N4O/c1-46(2)58-29-20-30-59(47(3)4)67(58)48-31-35-63-65(39-48)73(45-72(63)54-26-18-25-52(40-54)69(8,9)49-21-14-12-15-22-49)55-27-19-28-56(43-55)75-57-33-34-60-61-41-51(68(5,6)7)32-36-62(61)74(64(60)44-57)66-42-53(37-38-71-66)70(10,11)50-23-16-13-17-24-50/h12-44,46-47H,45H2,1-11H3. The number of fused-ring (bicyclic) bond motifs is 4. The highest BCUT2D eigenvalue weighted by molar-refractivity contribution is 6.10. The molecule has 75 heavy (non-hydrogen) atoms. The van der Waals surface area contributed by atoms with Gasteiger partial charge in [-0.1, -0.05) is 185 Å². The summed E-state index contributed by atoms with van der Waals surface area (Å²) in [5.74, 6) is 3.15. The molecular formula is C70H70N4O. The number of hydrogen-bond donors (Lipinski definition) is 0. The average molecular weight is 983 g/mol. The van der Waals surface area contributed by atoms with Crippen molar-refractivity contribution in [2.24, 2.45) is 0 Å². The zero-order valence-corrected chi connectivity index (χ0v) is 45.6. The van der Waals surface area contributed by atoms with Gasteiger partial charge in [0, 0.05) is 51.3 Å². The van der Waals surface area contributed by atoms with Crippen molar-refractivity contribution < 1.29 is 4.74 Å². The van der Waals surface area contributed by atoms with Crippen molar-refractivity contribution in [1.82, 2.24) is 9.55 Å². The van der Waals surface area contributed by atoms with Gasteiger partial charge in [-0.3, -0.25) is 4.57 Å². The molecule has 0 radical (unpaired) electrons. The van der Waals surface area contributed by atoms with E-state index in [1.54, 1.807) is 0 Å². The summed E-state index contributed by atoms with van der Waals surface area (Å²) in [4.78, 5) is 10.00. The highest BCUT2D eigenvalue weighted by atomic mass is 16.5. The van der Waals surface area contributed by atoms with E-state index in [4.69, 9.17) is 9.72 Å². The third-order valence-electron chi connectivity index (χ3n) is 16.0. The van der Waals surface area contributed by atoms with Gasteiger partial charge in [0.25, 0.3) is 0 Å². The van der Waals surface area contributed by atoms with Crippen molar-refractivity contribution in [2.75, 3.05) is 16.5 Å². The van der Waals surface area contributed by atoms with E-state index in [0.717, 1.165) is 50.8 Å². The van der Waals surface area contributed by atoms with Crippen LogP contribution in [0.15, 0.2) is 200 Å². The number of benzene rings is 8. The van der Waals surface area contributed by atoms with Crippen molar-refractivity contribution in [2.45, 2.75) is 104 Å². The number of pyridine rings is 1. The lowest BCUT2D eigenvalue weighted by Crippen LogP contribution is -2.25. The maximum Gasteiger partial charge on any atom is 0.137 e. The van der Waals surface area contributed by atoms with Crippen LogP contribution >= 0.6 is 0 Å². The van der Waals surface area contributed by atoms with E-state index in [2.05, 4.69) is 285 Å². The summed E-state index contributed by atoms with van der Waals surface area (Å²) in [5.41, 5.74) is 17.9. The molecule has 11 rings (SSSR count).